The summed E-state index contributed by atoms with van der Waals surface area (Å²) in [5.41, 5.74) is 2.09. The molecule has 0 amide bonds. The van der Waals surface area contributed by atoms with Crippen molar-refractivity contribution < 1.29 is 8.42 Å². The van der Waals surface area contributed by atoms with Crippen LogP contribution in [0.15, 0.2) is 53.4 Å². The van der Waals surface area contributed by atoms with Gasteiger partial charge in [-0.1, -0.05) is 23.2 Å². The van der Waals surface area contributed by atoms with Gasteiger partial charge in [-0.25, -0.2) is 13.1 Å². The maximum Gasteiger partial charge on any atom is 0.265 e. The first-order valence-electron chi connectivity index (χ1n) is 7.38. The van der Waals surface area contributed by atoms with Crippen molar-refractivity contribution in [1.82, 2.24) is 9.78 Å². The lowest BCUT2D eigenvalue weighted by atomic mass is 10.3. The van der Waals surface area contributed by atoms with Crippen LogP contribution in [-0.2, 0) is 10.0 Å². The van der Waals surface area contributed by atoms with E-state index in [0.29, 0.717) is 27.1 Å². The normalized spacial score (nSPS) is 11.5. The molecule has 0 aliphatic heterocycles. The first kappa shape index (κ1) is 17.8. The predicted octanol–water partition coefficient (Wildman–Crippen LogP) is 4.60. The second-order valence-electron chi connectivity index (χ2n) is 5.50. The van der Waals surface area contributed by atoms with Crippen LogP contribution in [0.2, 0.25) is 10.0 Å². The third-order valence-corrected chi connectivity index (χ3v) is 5.80. The van der Waals surface area contributed by atoms with Crippen LogP contribution in [0, 0.1) is 13.8 Å². The van der Waals surface area contributed by atoms with Gasteiger partial charge in [0, 0.05) is 15.7 Å². The summed E-state index contributed by atoms with van der Waals surface area (Å²) in [7, 11) is -3.79. The second kappa shape index (κ2) is 6.71. The molecule has 3 aromatic rings. The van der Waals surface area contributed by atoms with Crippen molar-refractivity contribution in [2.24, 2.45) is 0 Å². The number of aryl methyl sites for hydroxylation is 1. The lowest BCUT2D eigenvalue weighted by Gasteiger charge is -2.09. The number of halogens is 2. The van der Waals surface area contributed by atoms with Gasteiger partial charge in [0.1, 0.15) is 4.90 Å². The first-order valence-corrected chi connectivity index (χ1v) is 9.62. The molecule has 8 heteroatoms. The highest BCUT2D eigenvalue weighted by molar-refractivity contribution is 7.92. The average Bonchev–Trinajstić information content (AvgIpc) is 2.85. The topological polar surface area (TPSA) is 64.0 Å². The Bertz CT molecular complexity index is 1010. The highest BCUT2D eigenvalue weighted by Crippen LogP contribution is 2.26. The largest absolute Gasteiger partial charge is 0.280 e. The number of nitrogens with one attached hydrogen (secondary N) is 1. The van der Waals surface area contributed by atoms with Gasteiger partial charge in [-0.3, -0.25) is 4.72 Å². The van der Waals surface area contributed by atoms with Crippen molar-refractivity contribution in [3.05, 3.63) is 70.0 Å². The Morgan fingerprint density at radius 2 is 1.44 bits per heavy atom. The van der Waals surface area contributed by atoms with E-state index in [1.54, 1.807) is 67.1 Å². The molecule has 0 saturated heterocycles. The molecule has 5 nitrogen and oxygen atoms in total. The fourth-order valence-electron chi connectivity index (χ4n) is 2.58. The Balaban J connectivity index is 2.02. The highest BCUT2D eigenvalue weighted by atomic mass is 35.5. The molecule has 1 aromatic heterocycles. The van der Waals surface area contributed by atoms with Gasteiger partial charge in [0.25, 0.3) is 10.0 Å². The summed E-state index contributed by atoms with van der Waals surface area (Å²) in [4.78, 5) is 0.150. The zero-order chi connectivity index (χ0) is 18.2. The molecule has 1 heterocycles. The summed E-state index contributed by atoms with van der Waals surface area (Å²) in [6, 6.07) is 13.5. The summed E-state index contributed by atoms with van der Waals surface area (Å²) in [5, 5.41) is 5.50. The van der Waals surface area contributed by atoms with Gasteiger partial charge in [-0.05, 0) is 62.4 Å². The molecule has 3 rings (SSSR count). The van der Waals surface area contributed by atoms with Crippen LogP contribution in [0.5, 0.6) is 0 Å². The van der Waals surface area contributed by atoms with E-state index in [4.69, 9.17) is 23.2 Å². The number of nitrogens with zero attached hydrogens (tertiary/aromatic N) is 2. The lowest BCUT2D eigenvalue weighted by Crippen LogP contribution is -2.14. The molecule has 0 spiro atoms. The van der Waals surface area contributed by atoms with Crippen molar-refractivity contribution in [2.75, 3.05) is 4.72 Å². The predicted molar refractivity (Wildman–Crippen MR) is 100 cm³/mol. The molecule has 0 saturated carbocycles. The summed E-state index contributed by atoms with van der Waals surface area (Å²) in [6.45, 7) is 3.38. The quantitative estimate of drug-likeness (QED) is 0.701. The molecule has 1 N–H and O–H groups in total. The fraction of sp³-hybridized carbons (Fsp3) is 0.118. The van der Waals surface area contributed by atoms with E-state index < -0.39 is 10.0 Å². The van der Waals surface area contributed by atoms with Crippen LogP contribution in [-0.4, -0.2) is 18.2 Å². The van der Waals surface area contributed by atoms with Crippen LogP contribution < -0.4 is 4.72 Å². The van der Waals surface area contributed by atoms with Crippen LogP contribution in [0.25, 0.3) is 5.69 Å². The average molecular weight is 396 g/mol. The third-order valence-electron chi connectivity index (χ3n) is 3.66. The number of hydrogen-bond donors (Lipinski definition) is 1. The van der Waals surface area contributed by atoms with Crippen LogP contribution in [0.1, 0.15) is 11.4 Å². The molecule has 0 radical (unpaired) electrons. The van der Waals surface area contributed by atoms with Gasteiger partial charge in [0.05, 0.1) is 17.1 Å². The standard InChI is InChI=1S/C17H15Cl2N3O2S/c1-11-17(25(23,24)21-15-7-3-13(18)4-8-15)12(2)22(20-11)16-9-5-14(19)6-10-16/h3-10,21H,1-2H3. The van der Waals surface area contributed by atoms with Crippen molar-refractivity contribution in [1.29, 1.82) is 0 Å². The number of rotatable bonds is 4. The van der Waals surface area contributed by atoms with Gasteiger partial charge in [-0.15, -0.1) is 0 Å². The van der Waals surface area contributed by atoms with Crippen molar-refractivity contribution >= 4 is 38.9 Å². The van der Waals surface area contributed by atoms with E-state index >= 15 is 0 Å². The lowest BCUT2D eigenvalue weighted by molar-refractivity contribution is 0.600. The van der Waals surface area contributed by atoms with Crippen LogP contribution in [0.4, 0.5) is 5.69 Å². The molecule has 0 bridgehead atoms. The zero-order valence-electron chi connectivity index (χ0n) is 13.5. The Morgan fingerprint density at radius 1 is 0.920 bits per heavy atom. The molecule has 2 aromatic carbocycles. The Kier molecular flexibility index (Phi) is 4.77. The van der Waals surface area contributed by atoms with Gasteiger partial charge >= 0.3 is 0 Å². The van der Waals surface area contributed by atoms with Gasteiger partial charge in [0.15, 0.2) is 0 Å². The first-order chi connectivity index (χ1) is 11.8. The fourth-order valence-corrected chi connectivity index (χ4v) is 4.28. The monoisotopic (exact) mass is 395 g/mol. The van der Waals surface area contributed by atoms with Gasteiger partial charge < -0.3 is 0 Å². The zero-order valence-corrected chi connectivity index (χ0v) is 15.8. The number of benzene rings is 2. The Labute approximate surface area is 156 Å². The van der Waals surface area contributed by atoms with E-state index in [9.17, 15) is 8.42 Å². The van der Waals surface area contributed by atoms with Crippen molar-refractivity contribution in [3.8, 4) is 5.69 Å². The minimum Gasteiger partial charge on any atom is -0.280 e. The molecule has 0 aliphatic rings. The summed E-state index contributed by atoms with van der Waals surface area (Å²) in [5.74, 6) is 0. The molecule has 0 unspecified atom stereocenters. The summed E-state index contributed by atoms with van der Waals surface area (Å²) < 4.78 is 29.8. The smallest absolute Gasteiger partial charge is 0.265 e. The third kappa shape index (κ3) is 3.66. The molecular weight excluding hydrogens is 381 g/mol. The number of aromatic nitrogens is 2. The number of anilines is 1. The van der Waals surface area contributed by atoms with E-state index in [-0.39, 0.29) is 4.90 Å². The highest BCUT2D eigenvalue weighted by Gasteiger charge is 2.25. The Hall–Kier alpha value is -2.02. The Morgan fingerprint density at radius 3 is 2.00 bits per heavy atom. The molecule has 25 heavy (non-hydrogen) atoms. The minimum absolute atomic E-state index is 0.150. The van der Waals surface area contributed by atoms with E-state index in [2.05, 4.69) is 9.82 Å². The SMILES string of the molecule is Cc1nn(-c2ccc(Cl)cc2)c(C)c1S(=O)(=O)Nc1ccc(Cl)cc1. The molecular formula is C17H15Cl2N3O2S. The number of sulfonamides is 1. The molecule has 0 aliphatic carbocycles. The molecule has 0 fully saturated rings. The molecule has 0 atom stereocenters. The van der Waals surface area contributed by atoms with Crippen molar-refractivity contribution in [3.63, 3.8) is 0 Å². The summed E-state index contributed by atoms with van der Waals surface area (Å²) >= 11 is 11.7. The van der Waals surface area contributed by atoms with Gasteiger partial charge in [-0.2, -0.15) is 5.10 Å². The van der Waals surface area contributed by atoms with E-state index in [1.165, 1.54) is 0 Å². The maximum absolute atomic E-state index is 12.8. The van der Waals surface area contributed by atoms with Crippen LogP contribution >= 0.6 is 23.2 Å². The van der Waals surface area contributed by atoms with E-state index in [1.807, 2.05) is 0 Å². The van der Waals surface area contributed by atoms with Crippen LogP contribution in [0.3, 0.4) is 0 Å². The van der Waals surface area contributed by atoms with E-state index in [0.717, 1.165) is 5.69 Å². The second-order valence-corrected chi connectivity index (χ2v) is 7.99. The maximum atomic E-state index is 12.8. The van der Waals surface area contributed by atoms with Crippen molar-refractivity contribution in [2.45, 2.75) is 18.7 Å². The minimum atomic E-state index is -3.79. The summed E-state index contributed by atoms with van der Waals surface area (Å²) in [6.07, 6.45) is 0. The number of hydrogen-bond acceptors (Lipinski definition) is 3. The van der Waals surface area contributed by atoms with Gasteiger partial charge in [0.2, 0.25) is 0 Å². The molecule has 130 valence electrons.